The molecule has 1 saturated carbocycles. The van der Waals surface area contributed by atoms with Gasteiger partial charge in [-0.25, -0.2) is 0 Å². The quantitative estimate of drug-likeness (QED) is 0.598. The van der Waals surface area contributed by atoms with Crippen molar-refractivity contribution in [2.75, 3.05) is 0 Å². The summed E-state index contributed by atoms with van der Waals surface area (Å²) in [5.41, 5.74) is 5.77. The van der Waals surface area contributed by atoms with Crippen molar-refractivity contribution in [2.45, 2.75) is 31.6 Å². The van der Waals surface area contributed by atoms with Gasteiger partial charge in [0.25, 0.3) is 0 Å². The van der Waals surface area contributed by atoms with Crippen LogP contribution in [0.3, 0.4) is 0 Å². The molecular weight excluding hydrogens is 138 g/mol. The van der Waals surface area contributed by atoms with Crippen LogP contribution in [0.5, 0.6) is 0 Å². The third-order valence-corrected chi connectivity index (χ3v) is 2.38. The van der Waals surface area contributed by atoms with Gasteiger partial charge in [0, 0.05) is 18.5 Å². The van der Waals surface area contributed by atoms with Crippen molar-refractivity contribution in [1.29, 1.82) is 0 Å². The molecule has 2 aliphatic rings. The highest BCUT2D eigenvalue weighted by Gasteiger charge is 2.26. The van der Waals surface area contributed by atoms with Crippen LogP contribution >= 0.6 is 0 Å². The van der Waals surface area contributed by atoms with Gasteiger partial charge < -0.3 is 4.90 Å². The number of nitrogens with zero attached hydrogens (tertiary/aromatic N) is 2. The lowest BCUT2D eigenvalue weighted by Crippen LogP contribution is -2.47. The summed E-state index contributed by atoms with van der Waals surface area (Å²) in [5.74, 6) is 0. The Morgan fingerprint density at radius 3 is 2.82 bits per heavy atom. The van der Waals surface area contributed by atoms with Crippen LogP contribution in [0.15, 0.2) is 17.3 Å². The van der Waals surface area contributed by atoms with Gasteiger partial charge in [-0.2, -0.15) is 0 Å². The van der Waals surface area contributed by atoms with E-state index in [4.69, 9.17) is 5.73 Å². The normalized spacial score (nSPS) is 30.6. The third-order valence-electron chi connectivity index (χ3n) is 2.38. The Hall–Kier alpha value is -0.830. The monoisotopic (exact) mass is 151 g/mol. The highest BCUT2D eigenvalue weighted by molar-refractivity contribution is 5.71. The minimum absolute atomic E-state index is 0.134. The van der Waals surface area contributed by atoms with Gasteiger partial charge in [0.15, 0.2) is 6.29 Å². The molecular formula is C8H13N3. The Balaban J connectivity index is 2.01. The van der Waals surface area contributed by atoms with Gasteiger partial charge in [0.05, 0.1) is 0 Å². The van der Waals surface area contributed by atoms with Gasteiger partial charge in [0.2, 0.25) is 0 Å². The molecule has 1 aliphatic carbocycles. The summed E-state index contributed by atoms with van der Waals surface area (Å²) < 4.78 is 0. The number of aliphatic imine (C=N–C) groups is 1. The van der Waals surface area contributed by atoms with Crippen molar-refractivity contribution in [3.8, 4) is 0 Å². The van der Waals surface area contributed by atoms with Crippen LogP contribution in [0, 0.1) is 0 Å². The summed E-state index contributed by atoms with van der Waals surface area (Å²) in [5, 5.41) is 0. The Morgan fingerprint density at radius 1 is 1.45 bits per heavy atom. The lowest BCUT2D eigenvalue weighted by atomic mass is 9.92. The fourth-order valence-corrected chi connectivity index (χ4v) is 1.46. The number of nitrogens with two attached hydrogens (primary N) is 1. The summed E-state index contributed by atoms with van der Waals surface area (Å²) in [6, 6.07) is 0.652. The molecule has 1 atom stereocenters. The van der Waals surface area contributed by atoms with E-state index in [0.29, 0.717) is 6.04 Å². The minimum atomic E-state index is -0.134. The molecule has 1 aliphatic heterocycles. The first-order valence-corrected chi connectivity index (χ1v) is 4.11. The Labute approximate surface area is 66.6 Å². The van der Waals surface area contributed by atoms with Gasteiger partial charge in [-0.3, -0.25) is 10.7 Å². The van der Waals surface area contributed by atoms with E-state index in [0.717, 1.165) is 0 Å². The van der Waals surface area contributed by atoms with E-state index in [1.54, 1.807) is 6.21 Å². The maximum Gasteiger partial charge on any atom is 0.173 e. The average Bonchev–Trinajstić information content (AvgIpc) is 1.90. The van der Waals surface area contributed by atoms with Gasteiger partial charge in [0.1, 0.15) is 0 Å². The lowest BCUT2D eigenvalue weighted by Gasteiger charge is -2.39. The largest absolute Gasteiger partial charge is 0.341 e. The molecule has 0 aromatic rings. The van der Waals surface area contributed by atoms with Gasteiger partial charge >= 0.3 is 0 Å². The molecule has 0 bridgehead atoms. The third kappa shape index (κ3) is 1.16. The topological polar surface area (TPSA) is 41.6 Å². The first kappa shape index (κ1) is 6.85. The standard InChI is InChI=1S/C8H13N3/c9-8-10-5-2-6-11(8)7-3-1-4-7/h2,5-8H,1,3-4,9H2. The molecule has 3 heteroatoms. The molecule has 60 valence electrons. The second-order valence-corrected chi connectivity index (χ2v) is 3.09. The van der Waals surface area contributed by atoms with E-state index in [2.05, 4.69) is 9.89 Å². The fourth-order valence-electron chi connectivity index (χ4n) is 1.46. The van der Waals surface area contributed by atoms with Crippen LogP contribution in [-0.4, -0.2) is 23.4 Å². The molecule has 1 heterocycles. The van der Waals surface area contributed by atoms with Crippen LogP contribution < -0.4 is 5.73 Å². The zero-order valence-electron chi connectivity index (χ0n) is 6.48. The minimum Gasteiger partial charge on any atom is -0.341 e. The van der Waals surface area contributed by atoms with Crippen LogP contribution in [0.1, 0.15) is 19.3 Å². The molecule has 0 spiro atoms. The van der Waals surface area contributed by atoms with Crippen LogP contribution in [0.2, 0.25) is 0 Å². The van der Waals surface area contributed by atoms with Gasteiger partial charge in [-0.1, -0.05) is 0 Å². The maximum absolute atomic E-state index is 5.77. The zero-order chi connectivity index (χ0) is 7.68. The van der Waals surface area contributed by atoms with Crippen molar-refractivity contribution in [3.63, 3.8) is 0 Å². The van der Waals surface area contributed by atoms with E-state index < -0.39 is 0 Å². The molecule has 0 radical (unpaired) electrons. The van der Waals surface area contributed by atoms with Crippen molar-refractivity contribution < 1.29 is 0 Å². The Kier molecular flexibility index (Phi) is 1.66. The number of hydrogen-bond donors (Lipinski definition) is 1. The van der Waals surface area contributed by atoms with Crippen LogP contribution in [0.4, 0.5) is 0 Å². The van der Waals surface area contributed by atoms with Crippen molar-refractivity contribution in [3.05, 3.63) is 12.3 Å². The molecule has 2 rings (SSSR count). The second-order valence-electron chi connectivity index (χ2n) is 3.09. The predicted octanol–water partition coefficient (Wildman–Crippen LogP) is 0.681. The predicted molar refractivity (Wildman–Crippen MR) is 45.1 cm³/mol. The number of allylic oxidation sites excluding steroid dienone is 1. The highest BCUT2D eigenvalue weighted by atomic mass is 15.3. The summed E-state index contributed by atoms with van der Waals surface area (Å²) in [6.45, 7) is 0. The fraction of sp³-hybridized carbons (Fsp3) is 0.625. The number of hydrogen-bond acceptors (Lipinski definition) is 3. The van der Waals surface area contributed by atoms with E-state index in [-0.39, 0.29) is 6.29 Å². The van der Waals surface area contributed by atoms with Crippen molar-refractivity contribution in [2.24, 2.45) is 10.7 Å². The highest BCUT2D eigenvalue weighted by Crippen LogP contribution is 2.26. The summed E-state index contributed by atoms with van der Waals surface area (Å²) in [7, 11) is 0. The smallest absolute Gasteiger partial charge is 0.173 e. The first-order chi connectivity index (χ1) is 5.38. The molecule has 0 aromatic heterocycles. The SMILES string of the molecule is NC1N=CC=CN1C1CCC1. The van der Waals surface area contributed by atoms with E-state index in [1.807, 2.05) is 12.3 Å². The van der Waals surface area contributed by atoms with Crippen LogP contribution in [0.25, 0.3) is 0 Å². The number of rotatable bonds is 1. The summed E-state index contributed by atoms with van der Waals surface area (Å²) >= 11 is 0. The summed E-state index contributed by atoms with van der Waals surface area (Å²) in [6.07, 6.45) is 9.50. The Morgan fingerprint density at radius 2 is 2.27 bits per heavy atom. The molecule has 0 amide bonds. The second kappa shape index (κ2) is 2.66. The maximum atomic E-state index is 5.77. The first-order valence-electron chi connectivity index (χ1n) is 4.11. The zero-order valence-corrected chi connectivity index (χ0v) is 6.48. The van der Waals surface area contributed by atoms with E-state index in [1.165, 1.54) is 19.3 Å². The van der Waals surface area contributed by atoms with Crippen LogP contribution in [-0.2, 0) is 0 Å². The molecule has 11 heavy (non-hydrogen) atoms. The molecule has 1 fully saturated rings. The van der Waals surface area contributed by atoms with E-state index >= 15 is 0 Å². The van der Waals surface area contributed by atoms with Crippen molar-refractivity contribution in [1.82, 2.24) is 4.90 Å². The molecule has 3 nitrogen and oxygen atoms in total. The lowest BCUT2D eigenvalue weighted by molar-refractivity contribution is 0.139. The molecule has 1 unspecified atom stereocenters. The van der Waals surface area contributed by atoms with Gasteiger partial charge in [-0.05, 0) is 25.3 Å². The van der Waals surface area contributed by atoms with Gasteiger partial charge in [-0.15, -0.1) is 0 Å². The summed E-state index contributed by atoms with van der Waals surface area (Å²) in [4.78, 5) is 6.25. The molecule has 0 aromatic carbocycles. The molecule has 0 saturated heterocycles. The average molecular weight is 151 g/mol. The van der Waals surface area contributed by atoms with E-state index in [9.17, 15) is 0 Å². The Bertz CT molecular complexity index is 194. The molecule has 2 N–H and O–H groups in total. The van der Waals surface area contributed by atoms with Crippen molar-refractivity contribution >= 4 is 6.21 Å².